The summed E-state index contributed by atoms with van der Waals surface area (Å²) in [5, 5.41) is 3.22. The Morgan fingerprint density at radius 3 is 2.73 bits per heavy atom. The first-order chi connectivity index (χ1) is 12.6. The highest BCUT2D eigenvalue weighted by Crippen LogP contribution is 2.29. The lowest BCUT2D eigenvalue weighted by Crippen LogP contribution is -2.42. The van der Waals surface area contributed by atoms with Crippen LogP contribution in [0.25, 0.3) is 0 Å². The van der Waals surface area contributed by atoms with Gasteiger partial charge in [0, 0.05) is 29.2 Å². The van der Waals surface area contributed by atoms with Crippen LogP contribution in [0, 0.1) is 0 Å². The largest absolute Gasteiger partial charge is 0.353 e. The number of halogens is 1. The summed E-state index contributed by atoms with van der Waals surface area (Å²) in [6.07, 6.45) is 0. The van der Waals surface area contributed by atoms with E-state index in [1.807, 2.05) is 30.3 Å². The van der Waals surface area contributed by atoms with Gasteiger partial charge in [-0.25, -0.2) is 0 Å². The molecule has 0 aromatic heterocycles. The number of carbonyl (C=O) groups is 2. The molecule has 1 heterocycles. The minimum absolute atomic E-state index is 0.0410. The summed E-state index contributed by atoms with van der Waals surface area (Å²) < 4.78 is 0. The molecule has 0 unspecified atom stereocenters. The van der Waals surface area contributed by atoms with E-state index in [4.69, 9.17) is 17.3 Å². The number of anilines is 1. The van der Waals surface area contributed by atoms with Gasteiger partial charge >= 0.3 is 0 Å². The number of fused-ring (bicyclic) bond motifs is 1. The van der Waals surface area contributed by atoms with Gasteiger partial charge in [0.15, 0.2) is 0 Å². The van der Waals surface area contributed by atoms with Crippen molar-refractivity contribution < 1.29 is 9.59 Å². The molecule has 0 atom stereocenters. The number of hydrogen-bond acceptors (Lipinski definition) is 4. The van der Waals surface area contributed by atoms with E-state index in [9.17, 15) is 9.59 Å². The lowest BCUT2D eigenvalue weighted by molar-refractivity contribution is -0.123. The van der Waals surface area contributed by atoms with Crippen LogP contribution in [-0.2, 0) is 9.59 Å². The van der Waals surface area contributed by atoms with E-state index in [0.717, 1.165) is 11.1 Å². The Labute approximate surface area is 156 Å². The summed E-state index contributed by atoms with van der Waals surface area (Å²) in [7, 11) is 0. The monoisotopic (exact) mass is 370 g/mol. The quantitative estimate of drug-likeness (QED) is 0.837. The number of nitrogens with two attached hydrogens (primary N) is 1. The Hall–Kier alpha value is -2.70. The van der Waals surface area contributed by atoms with E-state index >= 15 is 0 Å². The van der Waals surface area contributed by atoms with Crippen molar-refractivity contribution in [3.63, 3.8) is 0 Å². The van der Waals surface area contributed by atoms with Gasteiger partial charge in [-0.1, -0.05) is 41.9 Å². The van der Waals surface area contributed by atoms with Crippen LogP contribution in [-0.4, -0.2) is 43.7 Å². The van der Waals surface area contributed by atoms with Crippen molar-refractivity contribution in [1.82, 2.24) is 5.32 Å². The second kappa shape index (κ2) is 8.12. The van der Waals surface area contributed by atoms with Crippen LogP contribution in [0.2, 0.25) is 5.02 Å². The molecule has 26 heavy (non-hydrogen) atoms. The average Bonchev–Trinajstić information content (AvgIpc) is 2.78. The fraction of sp³-hybridized carbons (Fsp3) is 0.211. The molecule has 3 rings (SSSR count). The van der Waals surface area contributed by atoms with Gasteiger partial charge in [-0.15, -0.1) is 0 Å². The summed E-state index contributed by atoms with van der Waals surface area (Å²) in [6, 6.07) is 14.8. The number of rotatable bonds is 5. The minimum atomic E-state index is -0.270. The third kappa shape index (κ3) is 3.92. The van der Waals surface area contributed by atoms with Gasteiger partial charge in [-0.05, 0) is 18.2 Å². The highest BCUT2D eigenvalue weighted by molar-refractivity contribution is 6.32. The fourth-order valence-corrected chi connectivity index (χ4v) is 2.98. The van der Waals surface area contributed by atoms with E-state index in [2.05, 4.69) is 10.3 Å². The Kier molecular flexibility index (Phi) is 5.65. The van der Waals surface area contributed by atoms with Gasteiger partial charge in [0.25, 0.3) is 0 Å². The Morgan fingerprint density at radius 2 is 2.00 bits per heavy atom. The van der Waals surface area contributed by atoms with Crippen LogP contribution in [0.3, 0.4) is 0 Å². The van der Waals surface area contributed by atoms with Crippen molar-refractivity contribution >= 4 is 34.8 Å². The van der Waals surface area contributed by atoms with Crippen molar-refractivity contribution in [3.8, 4) is 0 Å². The molecule has 0 aliphatic carbocycles. The van der Waals surface area contributed by atoms with Gasteiger partial charge in [0.05, 0.1) is 11.4 Å². The number of benzodiazepines with no additional fused rings is 1. The van der Waals surface area contributed by atoms with Gasteiger partial charge in [-0.2, -0.15) is 0 Å². The van der Waals surface area contributed by atoms with E-state index in [-0.39, 0.29) is 24.9 Å². The summed E-state index contributed by atoms with van der Waals surface area (Å²) >= 11 is 6.19. The molecule has 0 bridgehead atoms. The molecular weight excluding hydrogens is 352 g/mol. The normalized spacial score (nSPS) is 13.7. The van der Waals surface area contributed by atoms with E-state index in [1.54, 1.807) is 18.2 Å². The van der Waals surface area contributed by atoms with E-state index in [1.165, 1.54) is 4.90 Å². The van der Waals surface area contributed by atoms with Crippen molar-refractivity contribution in [1.29, 1.82) is 0 Å². The molecule has 7 heteroatoms. The van der Waals surface area contributed by atoms with Crippen molar-refractivity contribution in [2.75, 3.05) is 31.1 Å². The second-order valence-electron chi connectivity index (χ2n) is 5.81. The predicted molar refractivity (Wildman–Crippen MR) is 103 cm³/mol. The third-order valence-corrected chi connectivity index (χ3v) is 4.23. The van der Waals surface area contributed by atoms with Crippen LogP contribution in [0.4, 0.5) is 5.69 Å². The predicted octanol–water partition coefficient (Wildman–Crippen LogP) is 1.60. The van der Waals surface area contributed by atoms with Gasteiger partial charge in [-0.3, -0.25) is 14.6 Å². The Balaban J connectivity index is 2.02. The summed E-state index contributed by atoms with van der Waals surface area (Å²) in [5.41, 5.74) is 8.32. The average molecular weight is 371 g/mol. The van der Waals surface area contributed by atoms with Crippen LogP contribution in [0.1, 0.15) is 11.1 Å². The standard InChI is InChI=1S/C19H19ClN4O2/c20-14-6-7-16-15(10-14)19(13-4-2-1-3-5-13)23-11-18(26)24(16)12-17(25)22-9-8-21/h1-7,10H,8-9,11-12,21H2,(H,22,25). The first kappa shape index (κ1) is 18.1. The van der Waals surface area contributed by atoms with E-state index < -0.39 is 0 Å². The van der Waals surface area contributed by atoms with Crippen LogP contribution in [0.5, 0.6) is 0 Å². The lowest BCUT2D eigenvalue weighted by atomic mass is 10.00. The molecule has 6 nitrogen and oxygen atoms in total. The zero-order chi connectivity index (χ0) is 18.5. The van der Waals surface area contributed by atoms with Crippen molar-refractivity contribution in [2.45, 2.75) is 0 Å². The summed E-state index contributed by atoms with van der Waals surface area (Å²) in [5.74, 6) is -0.518. The molecule has 1 aliphatic rings. The van der Waals surface area contributed by atoms with Crippen molar-refractivity contribution in [3.05, 3.63) is 64.7 Å². The smallest absolute Gasteiger partial charge is 0.249 e. The number of nitrogens with one attached hydrogen (secondary N) is 1. The maximum absolute atomic E-state index is 12.6. The minimum Gasteiger partial charge on any atom is -0.353 e. The first-order valence-electron chi connectivity index (χ1n) is 8.27. The molecule has 0 fully saturated rings. The zero-order valence-corrected chi connectivity index (χ0v) is 14.9. The maximum atomic E-state index is 12.6. The number of benzene rings is 2. The number of hydrogen-bond donors (Lipinski definition) is 2. The molecule has 0 saturated heterocycles. The maximum Gasteiger partial charge on any atom is 0.249 e. The van der Waals surface area contributed by atoms with Crippen LogP contribution >= 0.6 is 11.6 Å². The Morgan fingerprint density at radius 1 is 1.23 bits per heavy atom. The topological polar surface area (TPSA) is 87.8 Å². The fourth-order valence-electron chi connectivity index (χ4n) is 2.81. The Bertz CT molecular complexity index is 852. The number of amides is 2. The number of nitrogens with zero attached hydrogens (tertiary/aromatic N) is 2. The highest BCUT2D eigenvalue weighted by atomic mass is 35.5. The highest BCUT2D eigenvalue weighted by Gasteiger charge is 2.26. The SMILES string of the molecule is NCCNC(=O)CN1C(=O)CN=C(c2ccccc2)c2cc(Cl)ccc21. The molecule has 0 spiro atoms. The molecule has 0 saturated carbocycles. The molecule has 2 aromatic carbocycles. The van der Waals surface area contributed by atoms with Gasteiger partial charge in [0.1, 0.15) is 13.1 Å². The summed E-state index contributed by atoms with van der Waals surface area (Å²) in [4.78, 5) is 30.7. The molecule has 134 valence electrons. The van der Waals surface area contributed by atoms with E-state index in [0.29, 0.717) is 29.5 Å². The van der Waals surface area contributed by atoms with Crippen LogP contribution < -0.4 is 16.0 Å². The molecule has 0 radical (unpaired) electrons. The van der Waals surface area contributed by atoms with Gasteiger partial charge < -0.3 is 16.0 Å². The van der Waals surface area contributed by atoms with Crippen LogP contribution in [0.15, 0.2) is 53.5 Å². The zero-order valence-electron chi connectivity index (χ0n) is 14.1. The number of carbonyl (C=O) groups excluding carboxylic acids is 2. The van der Waals surface area contributed by atoms with Crippen molar-refractivity contribution in [2.24, 2.45) is 10.7 Å². The molecule has 2 amide bonds. The molecule has 1 aliphatic heterocycles. The second-order valence-corrected chi connectivity index (χ2v) is 6.25. The third-order valence-electron chi connectivity index (χ3n) is 3.99. The molecule has 3 N–H and O–H groups in total. The molecular formula is C19H19ClN4O2. The molecule has 2 aromatic rings. The first-order valence-corrected chi connectivity index (χ1v) is 8.65. The summed E-state index contributed by atoms with van der Waals surface area (Å²) in [6.45, 7) is 0.568. The lowest BCUT2D eigenvalue weighted by Gasteiger charge is -2.22. The number of aliphatic imine (C=N–C) groups is 1. The van der Waals surface area contributed by atoms with Gasteiger partial charge in [0.2, 0.25) is 11.8 Å².